The van der Waals surface area contributed by atoms with E-state index in [9.17, 15) is 19.0 Å². The molecule has 0 aromatic heterocycles. The number of allylic oxidation sites excluding steroid dienone is 10. The SMILES string of the molecule is CC/C=C\C/C=C\C/C=C\C/C=C\C/C=C\CCCCCCCCCCCCCC(=O)OC(COC(=O)CCCCCCC)COP(=O)([O-])OCC[N+](C)(C)C. The molecule has 0 bridgehead atoms. The van der Waals surface area contributed by atoms with Crippen LogP contribution in [0.2, 0.25) is 0 Å². The zero-order chi connectivity index (χ0) is 41.4. The number of quaternary nitrogens is 1. The fraction of sp³-hybridized carbons (Fsp3) is 0.739. The summed E-state index contributed by atoms with van der Waals surface area (Å²) in [5.74, 6) is -0.855. The van der Waals surface area contributed by atoms with Crippen LogP contribution in [0.5, 0.6) is 0 Å². The van der Waals surface area contributed by atoms with Crippen LogP contribution >= 0.6 is 7.82 Å². The molecule has 0 radical (unpaired) electrons. The van der Waals surface area contributed by atoms with Gasteiger partial charge in [0.15, 0.2) is 6.10 Å². The Kier molecular flexibility index (Phi) is 36.7. The number of rotatable bonds is 39. The Bertz CT molecular complexity index is 1140. The lowest BCUT2D eigenvalue weighted by Crippen LogP contribution is -2.37. The fourth-order valence-corrected chi connectivity index (χ4v) is 6.35. The van der Waals surface area contributed by atoms with Crippen LogP contribution in [0.1, 0.15) is 168 Å². The quantitative estimate of drug-likeness (QED) is 0.0198. The Hall–Kier alpha value is -2.29. The van der Waals surface area contributed by atoms with Crippen molar-refractivity contribution in [3.05, 3.63) is 60.8 Å². The first-order chi connectivity index (χ1) is 27.0. The van der Waals surface area contributed by atoms with E-state index in [0.29, 0.717) is 17.4 Å². The van der Waals surface area contributed by atoms with Crippen LogP contribution in [0.4, 0.5) is 0 Å². The number of esters is 2. The summed E-state index contributed by atoms with van der Waals surface area (Å²) in [4.78, 5) is 37.2. The molecule has 56 heavy (non-hydrogen) atoms. The molecule has 0 amide bonds. The van der Waals surface area contributed by atoms with Crippen molar-refractivity contribution in [2.45, 2.75) is 174 Å². The minimum Gasteiger partial charge on any atom is -0.756 e. The monoisotopic (exact) mass is 808 g/mol. The first kappa shape index (κ1) is 53.7. The third kappa shape index (κ3) is 41.3. The van der Waals surface area contributed by atoms with E-state index in [-0.39, 0.29) is 26.1 Å². The molecule has 0 aromatic rings. The van der Waals surface area contributed by atoms with E-state index in [1.165, 1.54) is 44.9 Å². The maximum atomic E-state index is 12.6. The summed E-state index contributed by atoms with van der Waals surface area (Å²) in [7, 11) is 1.16. The van der Waals surface area contributed by atoms with E-state index >= 15 is 0 Å². The Labute approximate surface area is 343 Å². The highest BCUT2D eigenvalue weighted by molar-refractivity contribution is 7.45. The van der Waals surface area contributed by atoms with Gasteiger partial charge in [0.1, 0.15) is 19.8 Å². The number of unbranched alkanes of at least 4 members (excludes halogenated alkanes) is 15. The van der Waals surface area contributed by atoms with Crippen LogP contribution in [0, 0.1) is 0 Å². The molecule has 0 aliphatic rings. The number of phosphoric acid groups is 1. The predicted molar refractivity (Wildman–Crippen MR) is 231 cm³/mol. The van der Waals surface area contributed by atoms with Gasteiger partial charge in [0.05, 0.1) is 27.7 Å². The number of nitrogens with zero attached hydrogens (tertiary/aromatic N) is 1. The fourth-order valence-electron chi connectivity index (χ4n) is 5.62. The molecule has 0 heterocycles. The Balaban J connectivity index is 4.07. The molecule has 0 spiro atoms. The minimum absolute atomic E-state index is 0.0330. The van der Waals surface area contributed by atoms with Gasteiger partial charge in [-0.2, -0.15) is 0 Å². The largest absolute Gasteiger partial charge is 0.756 e. The van der Waals surface area contributed by atoms with Crippen molar-refractivity contribution in [3.63, 3.8) is 0 Å². The number of likely N-dealkylation sites (N-methyl/N-ethyl adjacent to an activating group) is 1. The van der Waals surface area contributed by atoms with Crippen molar-refractivity contribution < 1.29 is 42.1 Å². The van der Waals surface area contributed by atoms with Crippen molar-refractivity contribution in [2.24, 2.45) is 0 Å². The van der Waals surface area contributed by atoms with Gasteiger partial charge in [0, 0.05) is 12.8 Å². The normalized spacial score (nSPS) is 14.2. The maximum absolute atomic E-state index is 12.6. The van der Waals surface area contributed by atoms with Gasteiger partial charge < -0.3 is 27.9 Å². The molecule has 0 rings (SSSR count). The summed E-state index contributed by atoms with van der Waals surface area (Å²) in [6, 6.07) is 0. The Morgan fingerprint density at radius 2 is 1.02 bits per heavy atom. The smallest absolute Gasteiger partial charge is 0.306 e. The van der Waals surface area contributed by atoms with Crippen molar-refractivity contribution >= 4 is 19.8 Å². The lowest BCUT2D eigenvalue weighted by Gasteiger charge is -2.28. The van der Waals surface area contributed by atoms with Gasteiger partial charge in [-0.1, -0.05) is 158 Å². The highest BCUT2D eigenvalue weighted by Gasteiger charge is 2.21. The van der Waals surface area contributed by atoms with Gasteiger partial charge in [-0.3, -0.25) is 14.2 Å². The minimum atomic E-state index is -4.61. The summed E-state index contributed by atoms with van der Waals surface area (Å²) in [6.07, 6.45) is 45.9. The highest BCUT2D eigenvalue weighted by Crippen LogP contribution is 2.38. The second-order valence-electron chi connectivity index (χ2n) is 15.7. The molecule has 10 heteroatoms. The van der Waals surface area contributed by atoms with Crippen LogP contribution < -0.4 is 4.89 Å². The zero-order valence-corrected chi connectivity index (χ0v) is 37.2. The molecule has 0 N–H and O–H groups in total. The van der Waals surface area contributed by atoms with Gasteiger partial charge in [-0.15, -0.1) is 0 Å². The molecule has 0 aliphatic carbocycles. The molecule has 0 aromatic carbocycles. The number of hydrogen-bond acceptors (Lipinski definition) is 8. The second-order valence-corrected chi connectivity index (χ2v) is 17.1. The molecular formula is C46H82NO8P. The predicted octanol–water partition coefficient (Wildman–Crippen LogP) is 11.8. The van der Waals surface area contributed by atoms with E-state index in [2.05, 4.69) is 74.6 Å². The molecule has 0 fully saturated rings. The topological polar surface area (TPSA) is 111 Å². The van der Waals surface area contributed by atoms with Crippen molar-refractivity contribution in [3.8, 4) is 0 Å². The average Bonchev–Trinajstić information content (AvgIpc) is 3.15. The van der Waals surface area contributed by atoms with Gasteiger partial charge in [-0.05, 0) is 57.8 Å². The molecule has 2 unspecified atom stereocenters. The molecule has 0 saturated heterocycles. The van der Waals surface area contributed by atoms with E-state index in [1.54, 1.807) is 0 Å². The highest BCUT2D eigenvalue weighted by atomic mass is 31.2. The summed E-state index contributed by atoms with van der Waals surface area (Å²) < 4.78 is 33.6. The van der Waals surface area contributed by atoms with Gasteiger partial charge in [0.25, 0.3) is 7.82 Å². The maximum Gasteiger partial charge on any atom is 0.306 e. The molecule has 0 saturated carbocycles. The summed E-state index contributed by atoms with van der Waals surface area (Å²) >= 11 is 0. The molecule has 9 nitrogen and oxygen atoms in total. The number of carbonyl (C=O) groups excluding carboxylic acids is 2. The van der Waals surface area contributed by atoms with Crippen molar-refractivity contribution in [1.29, 1.82) is 0 Å². The lowest BCUT2D eigenvalue weighted by atomic mass is 10.0. The van der Waals surface area contributed by atoms with Crippen molar-refractivity contribution in [1.82, 2.24) is 0 Å². The van der Waals surface area contributed by atoms with E-state index in [4.69, 9.17) is 18.5 Å². The van der Waals surface area contributed by atoms with E-state index in [0.717, 1.165) is 89.9 Å². The lowest BCUT2D eigenvalue weighted by molar-refractivity contribution is -0.870. The van der Waals surface area contributed by atoms with E-state index < -0.39 is 32.5 Å². The zero-order valence-electron chi connectivity index (χ0n) is 36.3. The molecular weight excluding hydrogens is 725 g/mol. The first-order valence-corrected chi connectivity index (χ1v) is 23.5. The third-order valence-electron chi connectivity index (χ3n) is 9.05. The summed E-state index contributed by atoms with van der Waals surface area (Å²) in [5.41, 5.74) is 0. The number of carbonyl (C=O) groups is 2. The Morgan fingerprint density at radius 1 is 0.571 bits per heavy atom. The van der Waals surface area contributed by atoms with Gasteiger partial charge >= 0.3 is 11.9 Å². The van der Waals surface area contributed by atoms with Crippen molar-refractivity contribution in [2.75, 3.05) is 47.5 Å². The van der Waals surface area contributed by atoms with Crippen LogP contribution in [0.25, 0.3) is 0 Å². The Morgan fingerprint density at radius 3 is 1.52 bits per heavy atom. The van der Waals surface area contributed by atoms with Gasteiger partial charge in [-0.25, -0.2) is 0 Å². The van der Waals surface area contributed by atoms with Crippen LogP contribution in [-0.2, 0) is 32.7 Å². The standard InChI is InChI=1S/C46H82NO8P/c1-6-8-10-12-13-14-15-16-17-18-19-20-21-22-23-24-25-26-27-28-29-30-31-32-33-35-37-39-46(49)55-44(42-52-45(48)38-36-34-11-9-7-2)43-54-56(50,51)53-41-40-47(3,4)5/h8,10,13-14,16-17,19-20,22-23,44H,6-7,9,11-12,15,18,21,24-43H2,1-5H3/b10-8-,14-13-,17-16-,20-19-,23-22-. The number of phosphoric ester groups is 1. The number of hydrogen-bond donors (Lipinski definition) is 0. The molecule has 0 aliphatic heterocycles. The van der Waals surface area contributed by atoms with Gasteiger partial charge in [0.2, 0.25) is 0 Å². The van der Waals surface area contributed by atoms with E-state index in [1.807, 2.05) is 21.1 Å². The second kappa shape index (κ2) is 38.2. The average molecular weight is 808 g/mol. The third-order valence-corrected chi connectivity index (χ3v) is 10.0. The molecule has 324 valence electrons. The summed E-state index contributed by atoms with van der Waals surface area (Å²) in [5, 5.41) is 0. The van der Waals surface area contributed by atoms with Crippen LogP contribution in [0.3, 0.4) is 0 Å². The molecule has 2 atom stereocenters. The first-order valence-electron chi connectivity index (χ1n) is 22.0. The van der Waals surface area contributed by atoms with Crippen LogP contribution in [-0.4, -0.2) is 70.0 Å². The summed E-state index contributed by atoms with van der Waals surface area (Å²) in [6.45, 7) is 4.00. The van der Waals surface area contributed by atoms with Crippen LogP contribution in [0.15, 0.2) is 60.8 Å². The number of ether oxygens (including phenoxy) is 2.